The molecule has 2 heterocycles. The highest BCUT2D eigenvalue weighted by molar-refractivity contribution is 5.94. The number of nitrogens with one attached hydrogen (secondary N) is 1. The first-order chi connectivity index (χ1) is 13.3. The Hall–Kier alpha value is -2.66. The van der Waals surface area contributed by atoms with Gasteiger partial charge in [0.2, 0.25) is 0 Å². The first-order valence-electron chi connectivity index (χ1n) is 9.68. The van der Waals surface area contributed by atoms with E-state index >= 15 is 0 Å². The van der Waals surface area contributed by atoms with E-state index < -0.39 is 0 Å². The molecule has 1 aliphatic heterocycles. The van der Waals surface area contributed by atoms with Crippen LogP contribution < -0.4 is 10.2 Å². The minimum Gasteiger partial charge on any atom is -0.368 e. The van der Waals surface area contributed by atoms with Crippen LogP contribution in [-0.2, 0) is 0 Å². The van der Waals surface area contributed by atoms with Gasteiger partial charge in [-0.2, -0.15) is 0 Å². The van der Waals surface area contributed by atoms with E-state index in [1.165, 1.54) is 5.56 Å². The maximum Gasteiger partial charge on any atom is 0.252 e. The second kappa shape index (κ2) is 9.88. The molecule has 1 aromatic carbocycles. The first-order valence-corrected chi connectivity index (χ1v) is 9.68. The van der Waals surface area contributed by atoms with Crippen molar-refractivity contribution in [2.45, 2.75) is 13.3 Å². The number of carbonyl (C=O) groups is 1. The van der Waals surface area contributed by atoms with E-state index in [0.717, 1.165) is 44.8 Å². The fourth-order valence-corrected chi connectivity index (χ4v) is 3.16. The molecule has 5 heteroatoms. The largest absolute Gasteiger partial charge is 0.368 e. The molecule has 1 fully saturated rings. The lowest BCUT2D eigenvalue weighted by molar-refractivity contribution is 0.0953. The van der Waals surface area contributed by atoms with Gasteiger partial charge >= 0.3 is 0 Å². The lowest BCUT2D eigenvalue weighted by Gasteiger charge is -2.35. The number of hydrogen-bond donors (Lipinski definition) is 1. The molecule has 0 unspecified atom stereocenters. The van der Waals surface area contributed by atoms with Gasteiger partial charge in [-0.15, -0.1) is 0 Å². The molecular formula is C22H28N4O. The molecule has 1 aliphatic rings. The second-order valence-electron chi connectivity index (χ2n) is 6.79. The van der Waals surface area contributed by atoms with Gasteiger partial charge < -0.3 is 10.2 Å². The van der Waals surface area contributed by atoms with Gasteiger partial charge in [0.25, 0.3) is 5.91 Å². The summed E-state index contributed by atoms with van der Waals surface area (Å²) in [6, 6.07) is 12.3. The zero-order chi connectivity index (χ0) is 18.9. The third kappa shape index (κ3) is 5.66. The summed E-state index contributed by atoms with van der Waals surface area (Å²) in [7, 11) is 0. The Morgan fingerprint density at radius 1 is 1.15 bits per heavy atom. The normalized spacial score (nSPS) is 15.2. The number of carbonyl (C=O) groups excluding carboxylic acids is 1. The quantitative estimate of drug-likeness (QED) is 0.820. The standard InChI is InChI=1S/C22H28N4O/c1-2-10-24-22(27)20-16-21(18-23-17-20)26-14-12-25(13-15-26)11-6-9-19-7-4-3-5-8-19/h3-9,16-18H,2,10-15H2,1H3,(H,24,27)/b9-6+. The summed E-state index contributed by atoms with van der Waals surface area (Å²) in [4.78, 5) is 21.2. The van der Waals surface area contributed by atoms with Gasteiger partial charge in [-0.05, 0) is 18.1 Å². The lowest BCUT2D eigenvalue weighted by atomic mass is 10.2. The summed E-state index contributed by atoms with van der Waals surface area (Å²) in [5, 5.41) is 2.91. The molecular weight excluding hydrogens is 336 g/mol. The number of rotatable bonds is 7. The number of pyridine rings is 1. The molecule has 0 radical (unpaired) electrons. The molecule has 0 spiro atoms. The summed E-state index contributed by atoms with van der Waals surface area (Å²) in [5.74, 6) is -0.0455. The summed E-state index contributed by atoms with van der Waals surface area (Å²) in [6.07, 6.45) is 8.82. The maximum atomic E-state index is 12.1. The lowest BCUT2D eigenvalue weighted by Crippen LogP contribution is -2.46. The Morgan fingerprint density at radius 3 is 2.67 bits per heavy atom. The fourth-order valence-electron chi connectivity index (χ4n) is 3.16. The molecule has 1 saturated heterocycles. The summed E-state index contributed by atoms with van der Waals surface area (Å²) >= 11 is 0. The molecule has 0 saturated carbocycles. The second-order valence-corrected chi connectivity index (χ2v) is 6.79. The molecule has 27 heavy (non-hydrogen) atoms. The molecule has 2 aromatic rings. The SMILES string of the molecule is CCCNC(=O)c1cncc(N2CCN(C/C=C/c3ccccc3)CC2)c1. The monoisotopic (exact) mass is 364 g/mol. The average molecular weight is 364 g/mol. The predicted octanol–water partition coefficient (Wildman–Crippen LogP) is 3.06. The van der Waals surface area contributed by atoms with Gasteiger partial charge in [-0.3, -0.25) is 14.7 Å². The zero-order valence-electron chi connectivity index (χ0n) is 16.0. The van der Waals surface area contributed by atoms with Crippen molar-refractivity contribution in [2.75, 3.05) is 44.2 Å². The number of piperazine rings is 1. The molecule has 1 aromatic heterocycles. The Balaban J connectivity index is 1.50. The summed E-state index contributed by atoms with van der Waals surface area (Å²) in [6.45, 7) is 7.60. The summed E-state index contributed by atoms with van der Waals surface area (Å²) in [5.41, 5.74) is 2.90. The molecule has 142 valence electrons. The van der Waals surface area contributed by atoms with Crippen LogP contribution in [0.2, 0.25) is 0 Å². The highest BCUT2D eigenvalue weighted by atomic mass is 16.1. The molecule has 1 amide bonds. The van der Waals surface area contributed by atoms with E-state index in [2.05, 4.69) is 56.5 Å². The molecule has 3 rings (SSSR count). The van der Waals surface area contributed by atoms with Crippen LogP contribution in [0, 0.1) is 0 Å². The van der Waals surface area contributed by atoms with Gasteiger partial charge in [0.1, 0.15) is 0 Å². The van der Waals surface area contributed by atoms with E-state index in [-0.39, 0.29) is 5.91 Å². The van der Waals surface area contributed by atoms with Gasteiger partial charge in [-0.25, -0.2) is 0 Å². The van der Waals surface area contributed by atoms with E-state index in [1.807, 2.05) is 25.3 Å². The van der Waals surface area contributed by atoms with Crippen molar-refractivity contribution >= 4 is 17.7 Å². The summed E-state index contributed by atoms with van der Waals surface area (Å²) < 4.78 is 0. The van der Waals surface area contributed by atoms with Crippen molar-refractivity contribution in [3.8, 4) is 0 Å². The minimum atomic E-state index is -0.0455. The van der Waals surface area contributed by atoms with Gasteiger partial charge in [0, 0.05) is 45.5 Å². The van der Waals surface area contributed by atoms with Crippen LogP contribution in [-0.4, -0.2) is 55.1 Å². The van der Waals surface area contributed by atoms with E-state index in [1.54, 1.807) is 6.20 Å². The van der Waals surface area contributed by atoms with E-state index in [4.69, 9.17) is 0 Å². The molecule has 0 aliphatic carbocycles. The average Bonchev–Trinajstić information content (AvgIpc) is 2.73. The molecule has 0 bridgehead atoms. The van der Waals surface area contributed by atoms with Crippen molar-refractivity contribution in [1.29, 1.82) is 0 Å². The number of benzene rings is 1. The Kier molecular flexibility index (Phi) is 6.99. The highest BCUT2D eigenvalue weighted by Crippen LogP contribution is 2.17. The third-order valence-corrected chi connectivity index (χ3v) is 4.73. The Bertz CT molecular complexity index is 752. The number of nitrogens with zero attached hydrogens (tertiary/aromatic N) is 3. The number of anilines is 1. The first kappa shape index (κ1) is 19.1. The van der Waals surface area contributed by atoms with Crippen molar-refractivity contribution in [3.63, 3.8) is 0 Å². The minimum absolute atomic E-state index is 0.0455. The van der Waals surface area contributed by atoms with Gasteiger partial charge in [-0.1, -0.05) is 49.4 Å². The van der Waals surface area contributed by atoms with Gasteiger partial charge in [0.05, 0.1) is 17.4 Å². The van der Waals surface area contributed by atoms with Crippen LogP contribution in [0.5, 0.6) is 0 Å². The van der Waals surface area contributed by atoms with Crippen LogP contribution in [0.1, 0.15) is 29.3 Å². The van der Waals surface area contributed by atoms with Gasteiger partial charge in [0.15, 0.2) is 0 Å². The Labute approximate surface area is 161 Å². The van der Waals surface area contributed by atoms with Crippen LogP contribution in [0.25, 0.3) is 6.08 Å². The fraction of sp³-hybridized carbons (Fsp3) is 0.364. The van der Waals surface area contributed by atoms with E-state index in [0.29, 0.717) is 12.1 Å². The van der Waals surface area contributed by atoms with Crippen molar-refractivity contribution < 1.29 is 4.79 Å². The molecule has 0 atom stereocenters. The van der Waals surface area contributed by atoms with Crippen molar-refractivity contribution in [1.82, 2.24) is 15.2 Å². The number of aromatic nitrogens is 1. The number of amides is 1. The maximum absolute atomic E-state index is 12.1. The topological polar surface area (TPSA) is 48.5 Å². The predicted molar refractivity (Wildman–Crippen MR) is 111 cm³/mol. The van der Waals surface area contributed by atoms with E-state index in [9.17, 15) is 4.79 Å². The van der Waals surface area contributed by atoms with Crippen LogP contribution >= 0.6 is 0 Å². The van der Waals surface area contributed by atoms with Crippen molar-refractivity contribution in [3.05, 3.63) is 66.0 Å². The van der Waals surface area contributed by atoms with Crippen LogP contribution in [0.15, 0.2) is 54.9 Å². The highest BCUT2D eigenvalue weighted by Gasteiger charge is 2.17. The van der Waals surface area contributed by atoms with Crippen molar-refractivity contribution in [2.24, 2.45) is 0 Å². The molecule has 5 nitrogen and oxygen atoms in total. The zero-order valence-corrected chi connectivity index (χ0v) is 16.0. The smallest absolute Gasteiger partial charge is 0.252 e. The van der Waals surface area contributed by atoms with Crippen LogP contribution in [0.3, 0.4) is 0 Å². The molecule has 1 N–H and O–H groups in total. The third-order valence-electron chi connectivity index (χ3n) is 4.73. The number of hydrogen-bond acceptors (Lipinski definition) is 4. The van der Waals surface area contributed by atoms with Crippen LogP contribution in [0.4, 0.5) is 5.69 Å². The Morgan fingerprint density at radius 2 is 1.93 bits per heavy atom.